The molecule has 5 N–H and O–H groups in total. The Morgan fingerprint density at radius 3 is 1.27 bits per heavy atom. The fraction of sp³-hybridized carbons (Fsp3) is 0.0952. The number of H-pyrrole nitrogens is 1. The summed E-state index contributed by atoms with van der Waals surface area (Å²) in [6.45, 7) is 0. The summed E-state index contributed by atoms with van der Waals surface area (Å²) in [4.78, 5) is 35.3. The second-order valence-electron chi connectivity index (χ2n) is 13.2. The molecule has 8 aromatic rings. The van der Waals surface area contributed by atoms with Gasteiger partial charge in [0.1, 0.15) is 37.9 Å². The highest BCUT2D eigenvalue weighted by Crippen LogP contribution is 2.33. The van der Waals surface area contributed by atoms with Crippen LogP contribution in [0.4, 0.5) is 34.6 Å². The average molecular weight is 925 g/mol. The molecule has 0 atom stereocenters. The molecule has 0 saturated carbocycles. The zero-order valence-electron chi connectivity index (χ0n) is 34.2. The summed E-state index contributed by atoms with van der Waals surface area (Å²) in [5.74, 6) is 2.55. The predicted molar refractivity (Wildman–Crippen MR) is 243 cm³/mol. The van der Waals surface area contributed by atoms with Crippen molar-refractivity contribution in [3.63, 3.8) is 0 Å². The minimum Gasteiger partial charge on any atom is -0.497 e. The summed E-state index contributed by atoms with van der Waals surface area (Å²) >= 11 is 5.77. The molecule has 0 spiro atoms. The van der Waals surface area contributed by atoms with Crippen molar-refractivity contribution < 1.29 is 35.8 Å². The Balaban J connectivity index is 0.000000191. The number of benzene rings is 4. The van der Waals surface area contributed by atoms with Crippen LogP contribution in [0, 0.1) is 0 Å². The van der Waals surface area contributed by atoms with Gasteiger partial charge in [0.25, 0.3) is 20.0 Å². The first-order chi connectivity index (χ1) is 30.7. The number of methoxy groups -OCH3 is 4. The number of hydrogen-bond acceptors (Lipinski definition) is 16. The summed E-state index contributed by atoms with van der Waals surface area (Å²) in [5.41, 5.74) is 2.88. The molecule has 0 amide bonds. The molecule has 22 heteroatoms. The number of halogens is 1. The molecule has 0 bridgehead atoms. The smallest absolute Gasteiger partial charge is 0.264 e. The number of nitrogens with one attached hydrogen (secondary N) is 5. The van der Waals surface area contributed by atoms with Crippen molar-refractivity contribution >= 4 is 88.4 Å². The Kier molecular flexibility index (Phi) is 13.2. The minimum atomic E-state index is -4.05. The van der Waals surface area contributed by atoms with Crippen molar-refractivity contribution in [2.24, 2.45) is 0 Å². The van der Waals surface area contributed by atoms with E-state index in [2.05, 4.69) is 50.0 Å². The van der Waals surface area contributed by atoms with E-state index in [0.717, 1.165) is 12.3 Å². The third-order valence-electron chi connectivity index (χ3n) is 8.91. The van der Waals surface area contributed by atoms with Crippen LogP contribution >= 0.6 is 11.6 Å². The summed E-state index contributed by atoms with van der Waals surface area (Å²) in [5, 5.41) is 6.36. The lowest BCUT2D eigenvalue weighted by atomic mass is 10.2. The van der Waals surface area contributed by atoms with Crippen LogP contribution in [0.5, 0.6) is 23.0 Å². The van der Waals surface area contributed by atoms with Gasteiger partial charge in [-0.25, -0.2) is 41.8 Å². The molecule has 0 fully saturated rings. The summed E-state index contributed by atoms with van der Waals surface area (Å²) in [7, 11) is -1.93. The quantitative estimate of drug-likeness (QED) is 0.0681. The second-order valence-corrected chi connectivity index (χ2v) is 16.9. The molecule has 0 aliphatic rings. The van der Waals surface area contributed by atoms with E-state index in [0.29, 0.717) is 56.4 Å². The van der Waals surface area contributed by atoms with Gasteiger partial charge in [-0.1, -0.05) is 35.9 Å². The van der Waals surface area contributed by atoms with Crippen LogP contribution in [-0.4, -0.2) is 75.2 Å². The number of ether oxygens (including phenoxy) is 4. The van der Waals surface area contributed by atoms with Gasteiger partial charge in [0.05, 0.1) is 50.5 Å². The first-order valence-corrected chi connectivity index (χ1v) is 22.0. The Morgan fingerprint density at radius 1 is 0.516 bits per heavy atom. The Morgan fingerprint density at radius 2 is 0.906 bits per heavy atom. The number of sulfonamides is 2. The molecule has 4 heterocycles. The molecule has 0 aliphatic heterocycles. The maximum atomic E-state index is 12.9. The number of rotatable bonds is 14. The number of anilines is 6. The van der Waals surface area contributed by atoms with Gasteiger partial charge in [-0.05, 0) is 42.5 Å². The first-order valence-electron chi connectivity index (χ1n) is 18.7. The van der Waals surface area contributed by atoms with Crippen LogP contribution in [0.1, 0.15) is 0 Å². The molecule has 64 heavy (non-hydrogen) atoms. The van der Waals surface area contributed by atoms with Gasteiger partial charge in [0.15, 0.2) is 23.3 Å². The lowest BCUT2D eigenvalue weighted by Gasteiger charge is -2.15. The number of fused-ring (bicyclic) bond motifs is 2. The zero-order chi connectivity index (χ0) is 45.4. The highest BCUT2D eigenvalue weighted by molar-refractivity contribution is 7.93. The topological polar surface area (TPSA) is 251 Å². The Labute approximate surface area is 371 Å². The molecule has 4 aromatic carbocycles. The van der Waals surface area contributed by atoms with E-state index in [1.54, 1.807) is 78.9 Å². The summed E-state index contributed by atoms with van der Waals surface area (Å²) < 4.78 is 77.7. The van der Waals surface area contributed by atoms with E-state index in [-0.39, 0.29) is 38.2 Å². The van der Waals surface area contributed by atoms with Crippen molar-refractivity contribution in [3.8, 4) is 23.0 Å². The fourth-order valence-corrected chi connectivity index (χ4v) is 7.85. The van der Waals surface area contributed by atoms with Gasteiger partial charge in [-0.15, -0.1) is 0 Å². The van der Waals surface area contributed by atoms with E-state index in [1.165, 1.54) is 52.8 Å². The predicted octanol–water partition coefficient (Wildman–Crippen LogP) is 7.12. The molecule has 0 radical (unpaired) electrons. The van der Waals surface area contributed by atoms with E-state index in [1.807, 2.05) is 6.07 Å². The monoisotopic (exact) mass is 924 g/mol. The maximum absolute atomic E-state index is 12.9. The Hall–Kier alpha value is -7.75. The standard InChI is InChI=1S/C21H18ClN5O4S.C21H19N5O5S/c1-30-14-9-13(10-15(11-14)31-2)24-20-21(26-18-6-4-3-5-17(18)25-20)27-32(28,29)16-7-8-19(22)23-12-16;1-30-14-9-13(10-15(11-14)31-2)23-20-21(25-18-6-4-3-5-17(18)24-20)26-32(28,29)16-7-8-19(27)22-12-16/h3-12H,1-2H3,(H,24,25)(H,26,27);3-12H,1-2H3,(H,22,27)(H,23,24)(H,25,26). The lowest BCUT2D eigenvalue weighted by molar-refractivity contribution is 0.394. The van der Waals surface area contributed by atoms with Crippen molar-refractivity contribution in [2.45, 2.75) is 9.79 Å². The van der Waals surface area contributed by atoms with Crippen molar-refractivity contribution in [3.05, 3.63) is 137 Å². The Bertz CT molecular complexity index is 3210. The van der Waals surface area contributed by atoms with Gasteiger partial charge in [-0.2, -0.15) is 0 Å². The van der Waals surface area contributed by atoms with Crippen LogP contribution in [0.25, 0.3) is 22.1 Å². The van der Waals surface area contributed by atoms with E-state index in [4.69, 9.17) is 30.5 Å². The molecule has 328 valence electrons. The molecular weight excluding hydrogens is 888 g/mol. The molecule has 8 rings (SSSR count). The van der Waals surface area contributed by atoms with E-state index < -0.39 is 25.6 Å². The maximum Gasteiger partial charge on any atom is 0.264 e. The summed E-state index contributed by atoms with van der Waals surface area (Å²) in [6.07, 6.45) is 2.28. The summed E-state index contributed by atoms with van der Waals surface area (Å²) in [6, 6.07) is 29.6. The fourth-order valence-electron chi connectivity index (χ4n) is 5.81. The van der Waals surface area contributed by atoms with Crippen LogP contribution in [0.15, 0.2) is 136 Å². The molecule has 4 aromatic heterocycles. The lowest BCUT2D eigenvalue weighted by Crippen LogP contribution is -2.17. The third-order valence-corrected chi connectivity index (χ3v) is 11.8. The molecule has 0 aliphatic carbocycles. The van der Waals surface area contributed by atoms with Crippen LogP contribution < -0.4 is 44.6 Å². The highest BCUT2D eigenvalue weighted by atomic mass is 35.5. The largest absolute Gasteiger partial charge is 0.497 e. The van der Waals surface area contributed by atoms with Gasteiger partial charge >= 0.3 is 0 Å². The molecule has 0 unspecified atom stereocenters. The number of nitrogens with zero attached hydrogens (tertiary/aromatic N) is 5. The molecule has 19 nitrogen and oxygen atoms in total. The second kappa shape index (κ2) is 19.1. The van der Waals surface area contributed by atoms with Crippen molar-refractivity contribution in [1.82, 2.24) is 29.9 Å². The zero-order valence-corrected chi connectivity index (χ0v) is 36.5. The van der Waals surface area contributed by atoms with Crippen LogP contribution in [-0.2, 0) is 20.0 Å². The first kappa shape index (κ1) is 44.3. The number of aromatic nitrogens is 6. The van der Waals surface area contributed by atoms with E-state index >= 15 is 0 Å². The third kappa shape index (κ3) is 10.6. The number of para-hydroxylation sites is 4. The van der Waals surface area contributed by atoms with Gasteiger partial charge < -0.3 is 34.6 Å². The SMILES string of the molecule is COc1cc(Nc2nc3ccccc3nc2NS(=O)(=O)c2ccc(=O)[nH]c2)cc(OC)c1.COc1cc(Nc2nc3ccccc3nc2NS(=O)(=O)c2ccc(Cl)nc2)cc(OC)c1. The molecular formula is C42H37ClN10O9S2. The number of pyridine rings is 2. The number of aromatic amines is 1. The van der Waals surface area contributed by atoms with Gasteiger partial charge in [0.2, 0.25) is 5.56 Å². The minimum absolute atomic E-state index is 0.0143. The van der Waals surface area contributed by atoms with Crippen LogP contribution in [0.2, 0.25) is 5.15 Å². The normalized spacial score (nSPS) is 11.2. The molecule has 0 saturated heterocycles. The van der Waals surface area contributed by atoms with Crippen LogP contribution in [0.3, 0.4) is 0 Å². The van der Waals surface area contributed by atoms with E-state index in [9.17, 15) is 21.6 Å². The average Bonchev–Trinajstić information content (AvgIpc) is 3.29. The van der Waals surface area contributed by atoms with Gasteiger partial charge in [0, 0.05) is 66.2 Å². The van der Waals surface area contributed by atoms with Crippen molar-refractivity contribution in [2.75, 3.05) is 48.5 Å². The van der Waals surface area contributed by atoms with Gasteiger partial charge in [-0.3, -0.25) is 14.2 Å². The van der Waals surface area contributed by atoms with Crippen molar-refractivity contribution in [1.29, 1.82) is 0 Å². The number of hydrogen-bond donors (Lipinski definition) is 5. The highest BCUT2D eigenvalue weighted by Gasteiger charge is 2.22.